The minimum absolute atomic E-state index is 0.167. The van der Waals surface area contributed by atoms with Crippen molar-refractivity contribution in [2.75, 3.05) is 11.9 Å². The van der Waals surface area contributed by atoms with Gasteiger partial charge in [-0.15, -0.1) is 0 Å². The molecule has 0 unspecified atom stereocenters. The molecule has 0 fully saturated rings. The topological polar surface area (TPSA) is 76.0 Å². The first-order chi connectivity index (χ1) is 12.0. The van der Waals surface area contributed by atoms with Crippen LogP contribution in [0.1, 0.15) is 23.1 Å². The maximum atomic E-state index is 12.3. The van der Waals surface area contributed by atoms with Crippen LogP contribution in [0.2, 0.25) is 0 Å². The van der Waals surface area contributed by atoms with Gasteiger partial charge in [0.25, 0.3) is 5.91 Å². The third kappa shape index (κ3) is 3.85. The summed E-state index contributed by atoms with van der Waals surface area (Å²) in [5, 5.41) is 5.57. The molecule has 6 heteroatoms. The summed E-state index contributed by atoms with van der Waals surface area (Å²) in [5.74, 6) is 0.582. The highest BCUT2D eigenvalue weighted by atomic mass is 16.2. The van der Waals surface area contributed by atoms with E-state index in [2.05, 4.69) is 15.6 Å². The van der Waals surface area contributed by atoms with Gasteiger partial charge >= 0.3 is 0 Å². The molecule has 0 spiro atoms. The molecule has 0 aliphatic carbocycles. The number of nitrogens with one attached hydrogen (secondary N) is 2. The van der Waals surface area contributed by atoms with E-state index in [1.807, 2.05) is 35.9 Å². The molecule has 0 saturated carbocycles. The minimum atomic E-state index is -0.175. The third-order valence-corrected chi connectivity index (χ3v) is 3.96. The van der Waals surface area contributed by atoms with Gasteiger partial charge in [-0.2, -0.15) is 0 Å². The van der Waals surface area contributed by atoms with Gasteiger partial charge in [-0.3, -0.25) is 9.59 Å². The normalized spacial score (nSPS) is 10.6. The first-order valence-corrected chi connectivity index (χ1v) is 8.11. The van der Waals surface area contributed by atoms with Crippen molar-refractivity contribution in [1.29, 1.82) is 0 Å². The molecule has 2 amide bonds. The van der Waals surface area contributed by atoms with Crippen molar-refractivity contribution in [2.45, 2.75) is 13.3 Å². The average Bonchev–Trinajstić information content (AvgIpc) is 2.91. The number of aryl methyl sites for hydroxylation is 1. The van der Waals surface area contributed by atoms with Gasteiger partial charge in [0.2, 0.25) is 5.91 Å². The number of carbonyl (C=O) groups is 2. The highest BCUT2D eigenvalue weighted by Gasteiger charge is 2.09. The summed E-state index contributed by atoms with van der Waals surface area (Å²) in [5.41, 5.74) is 3.15. The first kappa shape index (κ1) is 16.7. The van der Waals surface area contributed by atoms with Crippen molar-refractivity contribution in [3.63, 3.8) is 0 Å². The van der Waals surface area contributed by atoms with Gasteiger partial charge in [0.05, 0.1) is 11.0 Å². The van der Waals surface area contributed by atoms with E-state index in [1.165, 1.54) is 6.92 Å². The number of para-hydroxylation sites is 2. The maximum Gasteiger partial charge on any atom is 0.251 e. The Bertz CT molecular complexity index is 930. The lowest BCUT2D eigenvalue weighted by atomic mass is 10.2. The van der Waals surface area contributed by atoms with Crippen molar-refractivity contribution in [1.82, 2.24) is 14.9 Å². The van der Waals surface area contributed by atoms with Gasteiger partial charge in [0, 0.05) is 38.2 Å². The summed E-state index contributed by atoms with van der Waals surface area (Å²) >= 11 is 0. The molecule has 0 bridgehead atoms. The predicted octanol–water partition coefficient (Wildman–Crippen LogP) is 2.50. The van der Waals surface area contributed by atoms with Gasteiger partial charge in [0.1, 0.15) is 5.82 Å². The molecule has 0 saturated heterocycles. The molecule has 0 atom stereocenters. The molecule has 2 N–H and O–H groups in total. The summed E-state index contributed by atoms with van der Waals surface area (Å²) in [6.07, 6.45) is 0.641. The Kier molecular flexibility index (Phi) is 4.79. The predicted molar refractivity (Wildman–Crippen MR) is 97.5 cm³/mol. The number of imidazole rings is 1. The van der Waals surface area contributed by atoms with Gasteiger partial charge in [-0.25, -0.2) is 4.98 Å². The van der Waals surface area contributed by atoms with E-state index in [4.69, 9.17) is 0 Å². The molecule has 25 heavy (non-hydrogen) atoms. The fourth-order valence-electron chi connectivity index (χ4n) is 2.75. The lowest BCUT2D eigenvalue weighted by molar-refractivity contribution is -0.114. The molecular weight excluding hydrogens is 316 g/mol. The number of carbonyl (C=O) groups excluding carboxylic acids is 2. The van der Waals surface area contributed by atoms with Crippen molar-refractivity contribution in [3.8, 4) is 0 Å². The number of anilines is 1. The number of aromatic nitrogens is 2. The van der Waals surface area contributed by atoms with Crippen LogP contribution in [0.5, 0.6) is 0 Å². The molecule has 2 aromatic carbocycles. The van der Waals surface area contributed by atoms with Crippen LogP contribution in [0.15, 0.2) is 48.5 Å². The van der Waals surface area contributed by atoms with Crippen LogP contribution in [0.3, 0.4) is 0 Å². The highest BCUT2D eigenvalue weighted by molar-refractivity contribution is 5.96. The molecule has 0 aliphatic heterocycles. The Balaban J connectivity index is 1.62. The molecular formula is C19H20N4O2. The second kappa shape index (κ2) is 7.17. The average molecular weight is 336 g/mol. The number of hydrogen-bond acceptors (Lipinski definition) is 3. The smallest absolute Gasteiger partial charge is 0.251 e. The molecule has 3 rings (SSSR count). The van der Waals surface area contributed by atoms with Crippen LogP contribution in [-0.2, 0) is 18.3 Å². The van der Waals surface area contributed by atoms with Gasteiger partial charge < -0.3 is 15.2 Å². The fourth-order valence-corrected chi connectivity index (χ4v) is 2.75. The zero-order chi connectivity index (χ0) is 17.8. The van der Waals surface area contributed by atoms with E-state index in [-0.39, 0.29) is 11.8 Å². The number of benzene rings is 2. The van der Waals surface area contributed by atoms with Crippen LogP contribution in [-0.4, -0.2) is 27.9 Å². The van der Waals surface area contributed by atoms with Crippen LogP contribution in [0, 0.1) is 0 Å². The Labute approximate surface area is 145 Å². The molecule has 3 aromatic rings. The van der Waals surface area contributed by atoms with Crippen LogP contribution < -0.4 is 10.6 Å². The van der Waals surface area contributed by atoms with Gasteiger partial charge in [-0.1, -0.05) is 18.2 Å². The summed E-state index contributed by atoms with van der Waals surface area (Å²) in [6, 6.07) is 14.8. The summed E-state index contributed by atoms with van der Waals surface area (Å²) in [7, 11) is 1.98. The monoisotopic (exact) mass is 336 g/mol. The third-order valence-electron chi connectivity index (χ3n) is 3.96. The van der Waals surface area contributed by atoms with Crippen LogP contribution in [0.25, 0.3) is 11.0 Å². The molecule has 0 radical (unpaired) electrons. The fraction of sp³-hybridized carbons (Fsp3) is 0.211. The summed E-state index contributed by atoms with van der Waals surface area (Å²) in [4.78, 5) is 28.0. The van der Waals surface area contributed by atoms with Crippen molar-refractivity contribution >= 4 is 28.5 Å². The van der Waals surface area contributed by atoms with Crippen LogP contribution in [0.4, 0.5) is 5.69 Å². The standard InChI is InChI=1S/C19H20N4O2/c1-13(24)21-15-7-5-6-14(12-15)19(25)20-11-10-18-22-16-8-3-4-9-17(16)23(18)2/h3-9,12H,10-11H2,1-2H3,(H,20,25)(H,21,24). The quantitative estimate of drug-likeness (QED) is 0.752. The molecule has 6 nitrogen and oxygen atoms in total. The van der Waals surface area contributed by atoms with Crippen molar-refractivity contribution in [3.05, 3.63) is 59.9 Å². The van der Waals surface area contributed by atoms with Gasteiger partial charge in [-0.05, 0) is 30.3 Å². The molecule has 0 aliphatic rings. The highest BCUT2D eigenvalue weighted by Crippen LogP contribution is 2.14. The molecule has 1 heterocycles. The maximum absolute atomic E-state index is 12.3. The molecule has 1 aromatic heterocycles. The Hall–Kier alpha value is -3.15. The van der Waals surface area contributed by atoms with Crippen LogP contribution >= 0.6 is 0 Å². The number of hydrogen-bond donors (Lipinski definition) is 2. The number of rotatable bonds is 5. The number of fused-ring (bicyclic) bond motifs is 1. The largest absolute Gasteiger partial charge is 0.352 e. The Morgan fingerprint density at radius 1 is 1.12 bits per heavy atom. The second-order valence-corrected chi connectivity index (χ2v) is 5.84. The second-order valence-electron chi connectivity index (χ2n) is 5.84. The SMILES string of the molecule is CC(=O)Nc1cccc(C(=O)NCCc2nc3ccccc3n2C)c1. The van der Waals surface area contributed by atoms with E-state index in [0.29, 0.717) is 24.2 Å². The number of amides is 2. The Morgan fingerprint density at radius 2 is 1.92 bits per heavy atom. The van der Waals surface area contributed by atoms with E-state index in [1.54, 1.807) is 24.3 Å². The van der Waals surface area contributed by atoms with E-state index in [9.17, 15) is 9.59 Å². The summed E-state index contributed by atoms with van der Waals surface area (Å²) < 4.78 is 2.04. The molecule has 128 valence electrons. The summed E-state index contributed by atoms with van der Waals surface area (Å²) in [6.45, 7) is 1.92. The van der Waals surface area contributed by atoms with E-state index >= 15 is 0 Å². The van der Waals surface area contributed by atoms with Gasteiger partial charge in [0.15, 0.2) is 0 Å². The first-order valence-electron chi connectivity index (χ1n) is 8.11. The van der Waals surface area contributed by atoms with Crippen molar-refractivity contribution in [2.24, 2.45) is 7.05 Å². The zero-order valence-corrected chi connectivity index (χ0v) is 14.2. The van der Waals surface area contributed by atoms with Crippen molar-refractivity contribution < 1.29 is 9.59 Å². The minimum Gasteiger partial charge on any atom is -0.352 e. The lowest BCUT2D eigenvalue weighted by Crippen LogP contribution is -2.26. The zero-order valence-electron chi connectivity index (χ0n) is 14.2. The number of nitrogens with zero attached hydrogens (tertiary/aromatic N) is 2. The van der Waals surface area contributed by atoms with E-state index in [0.717, 1.165) is 16.9 Å². The lowest BCUT2D eigenvalue weighted by Gasteiger charge is -2.07. The Morgan fingerprint density at radius 3 is 2.68 bits per heavy atom. The van der Waals surface area contributed by atoms with E-state index < -0.39 is 0 Å².